The van der Waals surface area contributed by atoms with Gasteiger partial charge in [-0.3, -0.25) is 4.79 Å². The number of benzene rings is 2. The van der Waals surface area contributed by atoms with Gasteiger partial charge in [-0.25, -0.2) is 8.42 Å². The van der Waals surface area contributed by atoms with Gasteiger partial charge < -0.3 is 24.7 Å². The van der Waals surface area contributed by atoms with Crippen LogP contribution in [0.5, 0.6) is 11.5 Å². The average molecular weight is 681 g/mol. The number of carboxylic acids is 1. The number of nitrogens with zero attached hydrogens (tertiary/aromatic N) is 1. The fourth-order valence-corrected chi connectivity index (χ4v) is 5.93. The Labute approximate surface area is 291 Å². The number of methoxy groups -OCH3 is 2. The van der Waals surface area contributed by atoms with Crippen LogP contribution in [0.2, 0.25) is 0 Å². The van der Waals surface area contributed by atoms with Gasteiger partial charge in [0.05, 0.1) is 31.1 Å². The maximum Gasteiger partial charge on any atom is 1.00 e. The van der Waals surface area contributed by atoms with E-state index in [2.05, 4.69) is 5.32 Å². The van der Waals surface area contributed by atoms with Crippen molar-refractivity contribution in [1.29, 1.82) is 0 Å². The van der Waals surface area contributed by atoms with Crippen LogP contribution in [0.1, 0.15) is 50.7 Å². The number of hydrogen-bond donors (Lipinski definition) is 1. The summed E-state index contributed by atoms with van der Waals surface area (Å²) >= 11 is 0. The fraction of sp³-hybridized carbons (Fsp3) is 0.500. The maximum atomic E-state index is 13.3. The van der Waals surface area contributed by atoms with E-state index in [-0.39, 0.29) is 105 Å². The number of aryl methyl sites for hydroxylation is 2. The maximum absolute atomic E-state index is 13.3. The zero-order chi connectivity index (χ0) is 28.3. The second kappa shape index (κ2) is 17.7. The summed E-state index contributed by atoms with van der Waals surface area (Å²) in [5.41, 5.74) is 1.76. The van der Waals surface area contributed by atoms with Gasteiger partial charge in [0.1, 0.15) is 0 Å². The van der Waals surface area contributed by atoms with Crippen molar-refractivity contribution in [3.63, 3.8) is 0 Å². The van der Waals surface area contributed by atoms with Crippen molar-refractivity contribution in [3.05, 3.63) is 53.6 Å². The molecule has 0 unspecified atom stereocenters. The molecular formula is C28H39CsN2O7S. The van der Waals surface area contributed by atoms with Gasteiger partial charge in [0.15, 0.2) is 11.5 Å². The van der Waals surface area contributed by atoms with E-state index >= 15 is 0 Å². The first kappa shape index (κ1) is 36.0. The van der Waals surface area contributed by atoms with Crippen LogP contribution >= 0.6 is 0 Å². The van der Waals surface area contributed by atoms with Crippen LogP contribution in [0.3, 0.4) is 0 Å². The molecule has 0 aliphatic rings. The van der Waals surface area contributed by atoms with E-state index in [9.17, 15) is 23.1 Å². The predicted octanol–water partition coefficient (Wildman–Crippen LogP) is -0.299. The summed E-state index contributed by atoms with van der Waals surface area (Å²) in [4.78, 5) is 24.4. The molecule has 1 N–H and O–H groups in total. The molecule has 0 saturated heterocycles. The van der Waals surface area contributed by atoms with Crippen molar-refractivity contribution < 1.29 is 101 Å². The molecule has 2 rings (SSSR count). The van der Waals surface area contributed by atoms with E-state index in [0.717, 1.165) is 15.4 Å². The molecule has 9 nitrogen and oxygen atoms in total. The third-order valence-corrected chi connectivity index (χ3v) is 8.01. The number of aliphatic carboxylic acids is 1. The van der Waals surface area contributed by atoms with Crippen LogP contribution in [0.4, 0.5) is 0 Å². The van der Waals surface area contributed by atoms with Crippen LogP contribution in [-0.4, -0.2) is 58.0 Å². The minimum Gasteiger partial charge on any atom is -0.548 e. The minimum absolute atomic E-state index is 0. The Morgan fingerprint density at radius 3 is 2.26 bits per heavy atom. The van der Waals surface area contributed by atoms with Crippen LogP contribution < -0.4 is 88.8 Å². The molecule has 0 bridgehead atoms. The minimum atomic E-state index is -4.03. The Balaban J connectivity index is 0.00000760. The number of rotatable bonds is 16. The molecule has 39 heavy (non-hydrogen) atoms. The first-order valence-corrected chi connectivity index (χ1v) is 14.2. The first-order chi connectivity index (χ1) is 18.0. The van der Waals surface area contributed by atoms with Crippen molar-refractivity contribution in [3.8, 4) is 11.5 Å². The first-order valence-electron chi connectivity index (χ1n) is 12.8. The summed E-state index contributed by atoms with van der Waals surface area (Å²) in [6.07, 6.45) is 1.71. The number of hydrogen-bond acceptors (Lipinski definition) is 7. The Morgan fingerprint density at radius 2 is 1.69 bits per heavy atom. The molecule has 210 valence electrons. The van der Waals surface area contributed by atoms with Gasteiger partial charge in [0.25, 0.3) is 0 Å². The molecule has 11 heteroatoms. The van der Waals surface area contributed by atoms with Crippen LogP contribution in [-0.2, 0) is 26.0 Å². The van der Waals surface area contributed by atoms with Crippen molar-refractivity contribution in [2.45, 2.75) is 63.8 Å². The zero-order valence-corrected chi connectivity index (χ0v) is 31.0. The van der Waals surface area contributed by atoms with Crippen molar-refractivity contribution in [1.82, 2.24) is 9.62 Å². The smallest absolute Gasteiger partial charge is 0.548 e. The standard InChI is InChI=1S/C28H40N2O7S.Cs/c1-20(2)19-30(38(34,35)23-15-12-21(3)13-16-23)24(28(32)33)10-6-7-18-29-26(31)17-14-22-9-8-11-25(36-4)27(22)37-5;/h8-9,11-13,15-16,20,24H,6-7,10,14,17-19H2,1-5H3,(H,29,31)(H,32,33);/q;+1/p-1/t24-;/m0./s1. The summed E-state index contributed by atoms with van der Waals surface area (Å²) in [5, 5.41) is 14.9. The van der Waals surface area contributed by atoms with Gasteiger partial charge in [-0.2, -0.15) is 4.31 Å². The van der Waals surface area contributed by atoms with Crippen LogP contribution in [0, 0.1) is 12.8 Å². The van der Waals surface area contributed by atoms with Gasteiger partial charge >= 0.3 is 68.9 Å². The van der Waals surface area contributed by atoms with E-state index in [1.165, 1.54) is 12.1 Å². The molecule has 0 spiro atoms. The van der Waals surface area contributed by atoms with Gasteiger partial charge in [0, 0.05) is 19.5 Å². The van der Waals surface area contributed by atoms with E-state index < -0.39 is 22.0 Å². The number of carbonyl (C=O) groups is 2. The number of carboxylic acid groups (broad SMARTS) is 1. The van der Waals surface area contributed by atoms with Gasteiger partial charge in [-0.1, -0.05) is 43.7 Å². The molecule has 1 atom stereocenters. The number of para-hydroxylation sites is 1. The van der Waals surface area contributed by atoms with E-state index in [4.69, 9.17) is 9.47 Å². The topological polar surface area (TPSA) is 125 Å². The number of carbonyl (C=O) groups excluding carboxylic acids is 2. The molecule has 2 aromatic carbocycles. The Bertz CT molecular complexity index is 1170. The molecule has 0 aliphatic carbocycles. The Hall–Kier alpha value is -1.06. The van der Waals surface area contributed by atoms with Gasteiger partial charge in [-0.15, -0.1) is 0 Å². The number of nitrogens with one attached hydrogen (secondary N) is 1. The second-order valence-electron chi connectivity index (χ2n) is 9.61. The summed E-state index contributed by atoms with van der Waals surface area (Å²) < 4.78 is 38.4. The molecule has 1 amide bonds. The second-order valence-corrected chi connectivity index (χ2v) is 11.5. The fourth-order valence-electron chi connectivity index (χ4n) is 4.16. The third-order valence-electron chi connectivity index (χ3n) is 6.12. The Kier molecular flexibility index (Phi) is 16.3. The number of amides is 1. The van der Waals surface area contributed by atoms with Crippen LogP contribution in [0.25, 0.3) is 0 Å². The normalized spacial score (nSPS) is 12.1. The van der Waals surface area contributed by atoms with E-state index in [1.807, 2.05) is 32.9 Å². The summed E-state index contributed by atoms with van der Waals surface area (Å²) in [6, 6.07) is 10.5. The van der Waals surface area contributed by atoms with Crippen LogP contribution in [0.15, 0.2) is 47.4 Å². The molecule has 0 aliphatic heterocycles. The summed E-state index contributed by atoms with van der Waals surface area (Å²) in [6.45, 7) is 5.92. The molecule has 0 saturated carbocycles. The number of sulfonamides is 1. The molecule has 0 fully saturated rings. The van der Waals surface area contributed by atoms with Crippen molar-refractivity contribution >= 4 is 21.9 Å². The largest absolute Gasteiger partial charge is 1.00 e. The quantitative estimate of drug-likeness (QED) is 0.242. The SMILES string of the molecule is COc1cccc(CCC(=O)NCCCC[C@@H](C(=O)[O-])N(CC(C)C)S(=O)(=O)c2ccc(C)cc2)c1OC.[Cs+]. The average Bonchev–Trinajstić information content (AvgIpc) is 2.87. The van der Waals surface area contributed by atoms with Gasteiger partial charge in [0.2, 0.25) is 15.9 Å². The molecule has 0 aromatic heterocycles. The Morgan fingerprint density at radius 1 is 1.03 bits per heavy atom. The molecular weight excluding hydrogens is 641 g/mol. The molecule has 0 radical (unpaired) electrons. The van der Waals surface area contributed by atoms with Crippen molar-refractivity contribution in [2.75, 3.05) is 27.3 Å². The van der Waals surface area contributed by atoms with Gasteiger partial charge in [-0.05, 0) is 62.3 Å². The summed E-state index contributed by atoms with van der Waals surface area (Å²) in [7, 11) is -0.928. The third kappa shape index (κ3) is 11.0. The number of ether oxygens (including phenoxy) is 2. The zero-order valence-electron chi connectivity index (χ0n) is 23.9. The van der Waals surface area contributed by atoms with Crippen molar-refractivity contribution in [2.24, 2.45) is 5.92 Å². The molecule has 2 aromatic rings. The monoisotopic (exact) mass is 680 g/mol. The molecule has 0 heterocycles. The summed E-state index contributed by atoms with van der Waals surface area (Å²) in [5.74, 6) is -0.460. The predicted molar refractivity (Wildman–Crippen MR) is 143 cm³/mol. The van der Waals surface area contributed by atoms with E-state index in [0.29, 0.717) is 37.3 Å². The van der Waals surface area contributed by atoms with E-state index in [1.54, 1.807) is 32.4 Å². The number of unbranched alkanes of at least 4 members (excludes halogenated alkanes) is 1.